The topological polar surface area (TPSA) is 85.4 Å². The Kier molecular flexibility index (Phi) is 5.10. The van der Waals surface area contributed by atoms with Gasteiger partial charge in [-0.05, 0) is 24.3 Å². The summed E-state index contributed by atoms with van der Waals surface area (Å²) in [4.78, 5) is 12.2. The molecule has 2 N–H and O–H groups in total. The number of ether oxygens (including phenoxy) is 2. The lowest BCUT2D eigenvalue weighted by atomic mass is 10.2. The van der Waals surface area contributed by atoms with E-state index < -0.39 is 6.03 Å². The fourth-order valence-corrected chi connectivity index (χ4v) is 2.97. The minimum atomic E-state index is -0.424. The Morgan fingerprint density at radius 3 is 2.36 bits per heavy atom. The van der Waals surface area contributed by atoms with Crippen LogP contribution in [0.5, 0.6) is 11.5 Å². The third-order valence-electron chi connectivity index (χ3n) is 3.34. The molecular weight excluding hydrogens is 340 g/mol. The van der Waals surface area contributed by atoms with Gasteiger partial charge in [0.1, 0.15) is 11.5 Å². The van der Waals surface area contributed by atoms with Crippen molar-refractivity contribution in [2.45, 2.75) is 0 Å². The van der Waals surface area contributed by atoms with Crippen molar-refractivity contribution < 1.29 is 14.3 Å². The molecule has 3 aromatic rings. The SMILES string of the molecule is COc1ccccc1NC(=O)Nc1nnc(-c2ccccc2OC)s1. The van der Waals surface area contributed by atoms with E-state index >= 15 is 0 Å². The van der Waals surface area contributed by atoms with Gasteiger partial charge in [0, 0.05) is 0 Å². The smallest absolute Gasteiger partial charge is 0.325 e. The van der Waals surface area contributed by atoms with E-state index in [1.165, 1.54) is 11.3 Å². The minimum Gasteiger partial charge on any atom is -0.496 e. The second-order valence-electron chi connectivity index (χ2n) is 4.89. The molecule has 0 aliphatic carbocycles. The molecule has 0 spiro atoms. The lowest BCUT2D eigenvalue weighted by Crippen LogP contribution is -2.19. The van der Waals surface area contributed by atoms with Gasteiger partial charge in [-0.2, -0.15) is 0 Å². The van der Waals surface area contributed by atoms with Crippen LogP contribution in [0.15, 0.2) is 48.5 Å². The minimum absolute atomic E-state index is 0.383. The summed E-state index contributed by atoms with van der Waals surface area (Å²) in [6.45, 7) is 0. The van der Waals surface area contributed by atoms with Gasteiger partial charge in [0.05, 0.1) is 25.5 Å². The van der Waals surface area contributed by atoms with Gasteiger partial charge in [-0.25, -0.2) is 4.79 Å². The summed E-state index contributed by atoms with van der Waals surface area (Å²) in [6.07, 6.45) is 0. The Morgan fingerprint density at radius 2 is 1.60 bits per heavy atom. The Bertz CT molecular complexity index is 882. The molecule has 2 amide bonds. The highest BCUT2D eigenvalue weighted by Crippen LogP contribution is 2.33. The number of nitrogens with one attached hydrogen (secondary N) is 2. The third-order valence-corrected chi connectivity index (χ3v) is 4.21. The van der Waals surface area contributed by atoms with E-state index in [1.54, 1.807) is 26.4 Å². The maximum Gasteiger partial charge on any atom is 0.325 e. The van der Waals surface area contributed by atoms with Crippen LogP contribution < -0.4 is 20.1 Å². The van der Waals surface area contributed by atoms with Crippen molar-refractivity contribution in [3.8, 4) is 22.1 Å². The summed E-state index contributed by atoms with van der Waals surface area (Å²) in [5.74, 6) is 1.27. The fourth-order valence-electron chi connectivity index (χ4n) is 2.20. The van der Waals surface area contributed by atoms with E-state index in [9.17, 15) is 4.79 Å². The van der Waals surface area contributed by atoms with Crippen molar-refractivity contribution in [2.75, 3.05) is 24.9 Å². The lowest BCUT2D eigenvalue weighted by Gasteiger charge is -2.09. The van der Waals surface area contributed by atoms with E-state index in [0.29, 0.717) is 27.3 Å². The van der Waals surface area contributed by atoms with Crippen LogP contribution in [0.1, 0.15) is 0 Å². The molecule has 7 nitrogen and oxygen atoms in total. The summed E-state index contributed by atoms with van der Waals surface area (Å²) >= 11 is 1.26. The van der Waals surface area contributed by atoms with Gasteiger partial charge in [0.15, 0.2) is 5.01 Å². The molecule has 3 rings (SSSR count). The van der Waals surface area contributed by atoms with Crippen LogP contribution >= 0.6 is 11.3 Å². The van der Waals surface area contributed by atoms with Gasteiger partial charge in [0.25, 0.3) is 0 Å². The Hall–Kier alpha value is -3.13. The molecule has 1 aromatic heterocycles. The zero-order valence-electron chi connectivity index (χ0n) is 13.6. The standard InChI is InChI=1S/C17H16N4O3S/c1-23-13-9-5-3-7-11(13)15-20-21-17(25-15)19-16(22)18-12-8-4-6-10-14(12)24-2/h3-10H,1-2H3,(H2,18,19,21,22). The monoisotopic (exact) mass is 356 g/mol. The number of carbonyl (C=O) groups is 1. The first-order valence-electron chi connectivity index (χ1n) is 7.39. The highest BCUT2D eigenvalue weighted by atomic mass is 32.1. The highest BCUT2D eigenvalue weighted by molar-refractivity contribution is 7.18. The summed E-state index contributed by atoms with van der Waals surface area (Å²) in [5.41, 5.74) is 1.39. The normalized spacial score (nSPS) is 10.2. The van der Waals surface area contributed by atoms with Crippen molar-refractivity contribution in [3.05, 3.63) is 48.5 Å². The maximum absolute atomic E-state index is 12.2. The van der Waals surface area contributed by atoms with Crippen molar-refractivity contribution in [3.63, 3.8) is 0 Å². The van der Waals surface area contributed by atoms with Gasteiger partial charge < -0.3 is 14.8 Å². The lowest BCUT2D eigenvalue weighted by molar-refractivity contribution is 0.262. The number of methoxy groups -OCH3 is 2. The summed E-state index contributed by atoms with van der Waals surface area (Å²) < 4.78 is 10.5. The second kappa shape index (κ2) is 7.63. The molecule has 0 aliphatic rings. The first-order chi connectivity index (χ1) is 12.2. The largest absolute Gasteiger partial charge is 0.496 e. The molecule has 0 radical (unpaired) electrons. The number of anilines is 2. The predicted octanol–water partition coefficient (Wildman–Crippen LogP) is 3.87. The molecule has 0 aliphatic heterocycles. The number of carbonyl (C=O) groups excluding carboxylic acids is 1. The number of benzene rings is 2. The first kappa shape index (κ1) is 16.7. The summed E-state index contributed by atoms with van der Waals surface area (Å²) in [6, 6.07) is 14.2. The van der Waals surface area contributed by atoms with Crippen LogP contribution in [0.4, 0.5) is 15.6 Å². The third kappa shape index (κ3) is 3.86. The van der Waals surface area contributed by atoms with E-state index in [4.69, 9.17) is 9.47 Å². The molecule has 1 heterocycles. The quantitative estimate of drug-likeness (QED) is 0.725. The van der Waals surface area contributed by atoms with Gasteiger partial charge in [-0.1, -0.05) is 35.6 Å². The number of amides is 2. The number of para-hydroxylation sites is 3. The molecule has 0 unspecified atom stereocenters. The van der Waals surface area contributed by atoms with Gasteiger partial charge in [0.2, 0.25) is 5.13 Å². The number of rotatable bonds is 5. The van der Waals surface area contributed by atoms with Crippen molar-refractivity contribution >= 4 is 28.2 Å². The molecule has 8 heteroatoms. The van der Waals surface area contributed by atoms with E-state index in [-0.39, 0.29) is 0 Å². The number of hydrogen-bond acceptors (Lipinski definition) is 6. The van der Waals surface area contributed by atoms with Crippen LogP contribution in [-0.2, 0) is 0 Å². The van der Waals surface area contributed by atoms with Gasteiger partial charge in [-0.3, -0.25) is 5.32 Å². The average molecular weight is 356 g/mol. The second-order valence-corrected chi connectivity index (χ2v) is 5.87. The van der Waals surface area contributed by atoms with Crippen LogP contribution in [0.2, 0.25) is 0 Å². The van der Waals surface area contributed by atoms with Crippen molar-refractivity contribution in [2.24, 2.45) is 0 Å². The van der Waals surface area contributed by atoms with Crippen molar-refractivity contribution in [1.82, 2.24) is 10.2 Å². The molecule has 2 aromatic carbocycles. The molecular formula is C17H16N4O3S. The first-order valence-corrected chi connectivity index (χ1v) is 8.21. The van der Waals surface area contributed by atoms with Gasteiger partial charge >= 0.3 is 6.03 Å². The van der Waals surface area contributed by atoms with Crippen LogP contribution in [-0.4, -0.2) is 30.4 Å². The van der Waals surface area contributed by atoms with E-state index in [2.05, 4.69) is 20.8 Å². The Morgan fingerprint density at radius 1 is 0.920 bits per heavy atom. The maximum atomic E-state index is 12.2. The molecule has 0 saturated heterocycles. The van der Waals surface area contributed by atoms with E-state index in [1.807, 2.05) is 36.4 Å². The fraction of sp³-hybridized carbons (Fsp3) is 0.118. The van der Waals surface area contributed by atoms with Crippen LogP contribution in [0.25, 0.3) is 10.6 Å². The highest BCUT2D eigenvalue weighted by Gasteiger charge is 2.13. The molecule has 0 atom stereocenters. The summed E-state index contributed by atoms with van der Waals surface area (Å²) in [5, 5.41) is 14.5. The molecule has 0 fully saturated rings. The van der Waals surface area contributed by atoms with Crippen molar-refractivity contribution in [1.29, 1.82) is 0 Å². The van der Waals surface area contributed by atoms with Gasteiger partial charge in [-0.15, -0.1) is 10.2 Å². The number of nitrogens with zero attached hydrogens (tertiary/aromatic N) is 2. The summed E-state index contributed by atoms with van der Waals surface area (Å²) in [7, 11) is 3.14. The predicted molar refractivity (Wildman–Crippen MR) is 97.5 cm³/mol. The zero-order valence-corrected chi connectivity index (χ0v) is 14.5. The van der Waals surface area contributed by atoms with Crippen LogP contribution in [0.3, 0.4) is 0 Å². The number of hydrogen-bond donors (Lipinski definition) is 2. The average Bonchev–Trinajstić information content (AvgIpc) is 3.10. The zero-order chi connectivity index (χ0) is 17.6. The number of aromatic nitrogens is 2. The van der Waals surface area contributed by atoms with E-state index in [0.717, 1.165) is 5.56 Å². The number of urea groups is 1. The molecule has 128 valence electrons. The van der Waals surface area contributed by atoms with Crippen LogP contribution in [0, 0.1) is 0 Å². The Labute approximate surface area is 148 Å². The molecule has 0 saturated carbocycles. The molecule has 25 heavy (non-hydrogen) atoms. The Balaban J connectivity index is 1.72. The molecule has 0 bridgehead atoms.